The van der Waals surface area contributed by atoms with Gasteiger partial charge >= 0.3 is 6.03 Å². The fourth-order valence-corrected chi connectivity index (χ4v) is 4.08. The van der Waals surface area contributed by atoms with Crippen LogP contribution in [0.25, 0.3) is 11.0 Å². The molecule has 0 bridgehead atoms. The number of nitrogens with one attached hydrogen (secondary N) is 2. The number of carbonyl (C=O) groups is 2. The van der Waals surface area contributed by atoms with E-state index in [1.165, 1.54) is 0 Å². The van der Waals surface area contributed by atoms with Crippen LogP contribution < -0.4 is 10.6 Å². The van der Waals surface area contributed by atoms with Crippen molar-refractivity contribution < 1.29 is 14.0 Å². The van der Waals surface area contributed by atoms with Crippen LogP contribution >= 0.6 is 0 Å². The molecule has 0 saturated carbocycles. The van der Waals surface area contributed by atoms with Crippen molar-refractivity contribution in [2.75, 3.05) is 13.1 Å². The number of amides is 3. The Bertz CT molecular complexity index is 1010. The summed E-state index contributed by atoms with van der Waals surface area (Å²) >= 11 is 0. The Morgan fingerprint density at radius 1 is 1.03 bits per heavy atom. The van der Waals surface area contributed by atoms with Crippen molar-refractivity contribution in [2.45, 2.75) is 38.8 Å². The van der Waals surface area contributed by atoms with Crippen molar-refractivity contribution in [1.82, 2.24) is 15.5 Å². The molecule has 0 aliphatic carbocycles. The molecule has 0 radical (unpaired) electrons. The van der Waals surface area contributed by atoms with Gasteiger partial charge in [-0.25, -0.2) is 4.79 Å². The van der Waals surface area contributed by atoms with E-state index in [0.29, 0.717) is 18.8 Å². The maximum Gasteiger partial charge on any atom is 0.317 e. The van der Waals surface area contributed by atoms with Crippen LogP contribution in [0.1, 0.15) is 44.1 Å². The minimum Gasteiger partial charge on any atom is -0.459 e. The summed E-state index contributed by atoms with van der Waals surface area (Å²) in [5.41, 5.74) is 1.75. The zero-order chi connectivity index (χ0) is 21.8. The van der Waals surface area contributed by atoms with E-state index in [2.05, 4.69) is 10.6 Å². The van der Waals surface area contributed by atoms with Crippen LogP contribution in [-0.4, -0.2) is 36.0 Å². The predicted octanol–water partition coefficient (Wildman–Crippen LogP) is 4.47. The Hall–Kier alpha value is -3.28. The molecule has 6 nitrogen and oxygen atoms in total. The smallest absolute Gasteiger partial charge is 0.317 e. The molecule has 2 N–H and O–H groups in total. The minimum absolute atomic E-state index is 0.0589. The van der Waals surface area contributed by atoms with E-state index in [4.69, 9.17) is 4.42 Å². The van der Waals surface area contributed by atoms with Crippen molar-refractivity contribution >= 4 is 22.9 Å². The average molecular weight is 420 g/mol. The van der Waals surface area contributed by atoms with E-state index in [9.17, 15) is 9.59 Å². The molecule has 1 saturated heterocycles. The van der Waals surface area contributed by atoms with Gasteiger partial charge in [0.2, 0.25) is 5.91 Å². The molecule has 0 unspecified atom stereocenters. The van der Waals surface area contributed by atoms with Crippen LogP contribution in [0.4, 0.5) is 4.79 Å². The standard InChI is InChI=1S/C25H29N3O3/c1-17(2)26-25(30)28-14-8-12-20(16-28)24(29)27-23(18-9-4-3-5-10-18)22-15-19-11-6-7-13-21(19)31-22/h3-7,9-11,13,15,17,20,23H,8,12,14,16H2,1-2H3,(H,26,30)(H,27,29)/t20-,23+/m1/s1. The number of para-hydroxylation sites is 1. The molecular weight excluding hydrogens is 390 g/mol. The van der Waals surface area contributed by atoms with Gasteiger partial charge in [0.25, 0.3) is 0 Å². The highest BCUT2D eigenvalue weighted by atomic mass is 16.3. The zero-order valence-corrected chi connectivity index (χ0v) is 18.0. The first-order chi connectivity index (χ1) is 15.0. The summed E-state index contributed by atoms with van der Waals surface area (Å²) in [7, 11) is 0. The number of hydrogen-bond acceptors (Lipinski definition) is 3. The van der Waals surface area contributed by atoms with Crippen LogP contribution in [-0.2, 0) is 4.79 Å². The number of urea groups is 1. The molecule has 31 heavy (non-hydrogen) atoms. The van der Waals surface area contributed by atoms with Crippen molar-refractivity contribution in [3.8, 4) is 0 Å². The van der Waals surface area contributed by atoms with Gasteiger partial charge in [-0.2, -0.15) is 0 Å². The molecule has 1 aliphatic heterocycles. The van der Waals surface area contributed by atoms with E-state index in [1.807, 2.05) is 74.5 Å². The lowest BCUT2D eigenvalue weighted by molar-refractivity contribution is -0.126. The molecule has 4 rings (SSSR count). The fourth-order valence-electron chi connectivity index (χ4n) is 4.08. The summed E-state index contributed by atoms with van der Waals surface area (Å²) in [6.45, 7) is 4.97. The van der Waals surface area contributed by atoms with Crippen LogP contribution in [0, 0.1) is 5.92 Å². The highest BCUT2D eigenvalue weighted by Gasteiger charge is 2.31. The molecule has 1 aromatic heterocycles. The lowest BCUT2D eigenvalue weighted by Gasteiger charge is -2.33. The maximum atomic E-state index is 13.2. The third kappa shape index (κ3) is 4.90. The first-order valence-electron chi connectivity index (χ1n) is 10.9. The lowest BCUT2D eigenvalue weighted by atomic mass is 9.96. The van der Waals surface area contributed by atoms with E-state index in [-0.39, 0.29) is 29.9 Å². The third-order valence-electron chi connectivity index (χ3n) is 5.64. The van der Waals surface area contributed by atoms with Gasteiger partial charge in [-0.1, -0.05) is 48.5 Å². The van der Waals surface area contributed by atoms with Gasteiger partial charge in [-0.15, -0.1) is 0 Å². The molecule has 3 amide bonds. The Morgan fingerprint density at radius 3 is 2.52 bits per heavy atom. The molecular formula is C25H29N3O3. The number of likely N-dealkylation sites (tertiary alicyclic amines) is 1. The molecule has 1 aliphatic rings. The number of hydrogen-bond donors (Lipinski definition) is 2. The van der Waals surface area contributed by atoms with Crippen LogP contribution in [0.3, 0.4) is 0 Å². The van der Waals surface area contributed by atoms with Crippen LogP contribution in [0.5, 0.6) is 0 Å². The Labute approximate surface area is 182 Å². The number of carbonyl (C=O) groups excluding carboxylic acids is 2. The van der Waals surface area contributed by atoms with E-state index in [0.717, 1.165) is 29.4 Å². The van der Waals surface area contributed by atoms with E-state index < -0.39 is 0 Å². The van der Waals surface area contributed by atoms with E-state index in [1.54, 1.807) is 4.90 Å². The van der Waals surface area contributed by atoms with Gasteiger partial charge < -0.3 is 20.0 Å². The fraction of sp³-hybridized carbons (Fsp3) is 0.360. The number of fused-ring (bicyclic) bond motifs is 1. The Kier molecular flexibility index (Phi) is 6.26. The SMILES string of the molecule is CC(C)NC(=O)N1CCC[C@@H](C(=O)N[C@@H](c2ccccc2)c2cc3ccccc3o2)C1. The second-order valence-electron chi connectivity index (χ2n) is 8.43. The Morgan fingerprint density at radius 2 is 1.77 bits per heavy atom. The number of nitrogens with zero attached hydrogens (tertiary/aromatic N) is 1. The molecule has 2 atom stereocenters. The van der Waals surface area contributed by atoms with Crippen LogP contribution in [0.15, 0.2) is 65.1 Å². The van der Waals surface area contributed by atoms with Gasteiger partial charge in [-0.3, -0.25) is 4.79 Å². The zero-order valence-electron chi connectivity index (χ0n) is 18.0. The van der Waals surface area contributed by atoms with Crippen molar-refractivity contribution in [2.24, 2.45) is 5.92 Å². The summed E-state index contributed by atoms with van der Waals surface area (Å²) < 4.78 is 6.09. The summed E-state index contributed by atoms with van der Waals surface area (Å²) in [5, 5.41) is 7.11. The lowest BCUT2D eigenvalue weighted by Crippen LogP contribution is -2.50. The second kappa shape index (κ2) is 9.25. The van der Waals surface area contributed by atoms with Gasteiger partial charge in [0.1, 0.15) is 17.4 Å². The largest absolute Gasteiger partial charge is 0.459 e. The van der Waals surface area contributed by atoms with Crippen molar-refractivity contribution in [3.05, 3.63) is 72.0 Å². The molecule has 0 spiro atoms. The maximum absolute atomic E-state index is 13.2. The van der Waals surface area contributed by atoms with Gasteiger partial charge in [0.15, 0.2) is 0 Å². The molecule has 2 aromatic carbocycles. The highest BCUT2D eigenvalue weighted by molar-refractivity contribution is 5.82. The average Bonchev–Trinajstić information content (AvgIpc) is 3.21. The molecule has 2 heterocycles. The number of piperidine rings is 1. The van der Waals surface area contributed by atoms with Gasteiger partial charge in [0.05, 0.1) is 5.92 Å². The number of benzene rings is 2. The van der Waals surface area contributed by atoms with Gasteiger partial charge in [0, 0.05) is 24.5 Å². The predicted molar refractivity (Wildman–Crippen MR) is 121 cm³/mol. The summed E-state index contributed by atoms with van der Waals surface area (Å²) in [4.78, 5) is 27.4. The van der Waals surface area contributed by atoms with Crippen molar-refractivity contribution in [1.29, 1.82) is 0 Å². The minimum atomic E-state index is -0.388. The quantitative estimate of drug-likeness (QED) is 0.641. The van der Waals surface area contributed by atoms with E-state index >= 15 is 0 Å². The first-order valence-corrected chi connectivity index (χ1v) is 10.9. The van der Waals surface area contributed by atoms with Gasteiger partial charge in [-0.05, 0) is 44.4 Å². The summed E-state index contributed by atoms with van der Waals surface area (Å²) in [6.07, 6.45) is 1.57. The monoisotopic (exact) mass is 419 g/mol. The first kappa shape index (κ1) is 21.0. The molecule has 6 heteroatoms. The second-order valence-corrected chi connectivity index (χ2v) is 8.43. The number of rotatable bonds is 5. The normalized spacial score (nSPS) is 17.5. The van der Waals surface area contributed by atoms with Crippen molar-refractivity contribution in [3.63, 3.8) is 0 Å². The van der Waals surface area contributed by atoms with Crippen LogP contribution in [0.2, 0.25) is 0 Å². The topological polar surface area (TPSA) is 74.6 Å². The molecule has 3 aromatic rings. The Balaban J connectivity index is 1.54. The molecule has 162 valence electrons. The molecule has 1 fully saturated rings. The third-order valence-corrected chi connectivity index (χ3v) is 5.64. The summed E-state index contributed by atoms with van der Waals surface area (Å²) in [5.74, 6) is 0.393. The summed E-state index contributed by atoms with van der Waals surface area (Å²) in [6, 6.07) is 19.2. The number of furan rings is 1. The highest BCUT2D eigenvalue weighted by Crippen LogP contribution is 2.29.